The quantitative estimate of drug-likeness (QED) is 0.692. The van der Waals surface area contributed by atoms with Gasteiger partial charge in [-0.15, -0.1) is 0 Å². The smallest absolute Gasteiger partial charge is 0.254 e. The molecule has 2 atom stereocenters. The van der Waals surface area contributed by atoms with Crippen LogP contribution in [-0.2, 0) is 14.4 Å². The lowest BCUT2D eigenvalue weighted by atomic mass is 9.81. The number of carbonyl (C=O) groups excluding carboxylic acids is 4. The van der Waals surface area contributed by atoms with E-state index in [1.165, 1.54) is 0 Å². The van der Waals surface area contributed by atoms with Gasteiger partial charge in [-0.3, -0.25) is 24.1 Å². The fourth-order valence-electron chi connectivity index (χ4n) is 4.72. The summed E-state index contributed by atoms with van der Waals surface area (Å²) in [6.45, 7) is 1.41. The number of nitrogens with zero attached hydrogens (tertiary/aromatic N) is 3. The molecule has 2 aliphatic heterocycles. The molecule has 0 N–H and O–H groups in total. The molecule has 4 rings (SSSR count). The Bertz CT molecular complexity index is 838. The molecule has 0 spiro atoms. The van der Waals surface area contributed by atoms with Crippen LogP contribution in [0.1, 0.15) is 36.0 Å². The highest BCUT2D eigenvalue weighted by Crippen LogP contribution is 2.37. The van der Waals surface area contributed by atoms with Crippen LogP contribution in [0, 0.1) is 11.8 Å². The SMILES string of the molecule is COc1cccc(C(=O)N2CCN(C(=O)CN3C(=O)[C@@H]4CCCC[C@H]4C3=O)CC2)c1. The third-order valence-corrected chi connectivity index (χ3v) is 6.46. The molecule has 1 saturated carbocycles. The molecule has 2 saturated heterocycles. The molecule has 3 fully saturated rings. The predicted molar refractivity (Wildman–Crippen MR) is 108 cm³/mol. The van der Waals surface area contributed by atoms with Gasteiger partial charge in [0.25, 0.3) is 5.91 Å². The first-order valence-electron chi connectivity index (χ1n) is 10.6. The van der Waals surface area contributed by atoms with E-state index in [0.29, 0.717) is 37.5 Å². The topological polar surface area (TPSA) is 87.2 Å². The highest BCUT2D eigenvalue weighted by atomic mass is 16.5. The van der Waals surface area contributed by atoms with Crippen LogP contribution in [0.3, 0.4) is 0 Å². The zero-order chi connectivity index (χ0) is 21.3. The van der Waals surface area contributed by atoms with E-state index >= 15 is 0 Å². The Morgan fingerprint density at radius 3 is 2.17 bits per heavy atom. The van der Waals surface area contributed by atoms with Gasteiger partial charge in [0.2, 0.25) is 17.7 Å². The van der Waals surface area contributed by atoms with Gasteiger partial charge >= 0.3 is 0 Å². The fourth-order valence-corrected chi connectivity index (χ4v) is 4.72. The Kier molecular flexibility index (Phi) is 5.74. The number of methoxy groups -OCH3 is 1. The number of hydrogen-bond donors (Lipinski definition) is 0. The summed E-state index contributed by atoms with van der Waals surface area (Å²) in [4.78, 5) is 55.2. The lowest BCUT2D eigenvalue weighted by Gasteiger charge is -2.35. The van der Waals surface area contributed by atoms with Crippen molar-refractivity contribution in [2.24, 2.45) is 11.8 Å². The Morgan fingerprint density at radius 1 is 0.967 bits per heavy atom. The molecule has 0 bridgehead atoms. The first-order valence-corrected chi connectivity index (χ1v) is 10.6. The number of fused-ring (bicyclic) bond motifs is 1. The van der Waals surface area contributed by atoms with Crippen molar-refractivity contribution in [1.82, 2.24) is 14.7 Å². The van der Waals surface area contributed by atoms with Crippen molar-refractivity contribution in [3.05, 3.63) is 29.8 Å². The van der Waals surface area contributed by atoms with Gasteiger partial charge in [0.1, 0.15) is 12.3 Å². The summed E-state index contributed by atoms with van der Waals surface area (Å²) < 4.78 is 5.17. The lowest BCUT2D eigenvalue weighted by Crippen LogP contribution is -2.53. The van der Waals surface area contributed by atoms with E-state index < -0.39 is 0 Å². The molecule has 4 amide bonds. The summed E-state index contributed by atoms with van der Waals surface area (Å²) in [7, 11) is 1.55. The summed E-state index contributed by atoms with van der Waals surface area (Å²) in [5.41, 5.74) is 0.546. The van der Waals surface area contributed by atoms with E-state index in [9.17, 15) is 19.2 Å². The molecule has 2 heterocycles. The van der Waals surface area contributed by atoms with Gasteiger partial charge in [-0.05, 0) is 31.0 Å². The molecule has 0 aromatic heterocycles. The highest BCUT2D eigenvalue weighted by molar-refractivity contribution is 6.07. The van der Waals surface area contributed by atoms with Crippen molar-refractivity contribution in [2.45, 2.75) is 25.7 Å². The average Bonchev–Trinajstić information content (AvgIpc) is 3.03. The summed E-state index contributed by atoms with van der Waals surface area (Å²) in [5.74, 6) is -0.573. The molecule has 0 radical (unpaired) electrons. The monoisotopic (exact) mass is 413 g/mol. The van der Waals surface area contributed by atoms with Crippen LogP contribution in [-0.4, -0.2) is 78.2 Å². The number of hydrogen-bond acceptors (Lipinski definition) is 5. The van der Waals surface area contributed by atoms with Crippen LogP contribution < -0.4 is 4.74 Å². The van der Waals surface area contributed by atoms with Crippen molar-refractivity contribution in [2.75, 3.05) is 39.8 Å². The van der Waals surface area contributed by atoms with Crippen LogP contribution in [0.2, 0.25) is 0 Å². The van der Waals surface area contributed by atoms with Gasteiger partial charge in [-0.2, -0.15) is 0 Å². The molecule has 160 valence electrons. The number of rotatable bonds is 4. The minimum atomic E-state index is -0.239. The minimum Gasteiger partial charge on any atom is -0.497 e. The molecule has 30 heavy (non-hydrogen) atoms. The van der Waals surface area contributed by atoms with Crippen LogP contribution in [0.5, 0.6) is 5.75 Å². The molecule has 3 aliphatic rings. The van der Waals surface area contributed by atoms with E-state index in [-0.39, 0.29) is 42.0 Å². The highest BCUT2D eigenvalue weighted by Gasteiger charge is 2.48. The van der Waals surface area contributed by atoms with Crippen molar-refractivity contribution in [1.29, 1.82) is 0 Å². The van der Waals surface area contributed by atoms with Crippen molar-refractivity contribution in [3.8, 4) is 5.75 Å². The Morgan fingerprint density at radius 2 is 1.57 bits per heavy atom. The van der Waals surface area contributed by atoms with E-state index in [0.717, 1.165) is 30.6 Å². The number of benzene rings is 1. The minimum absolute atomic E-state index is 0.102. The molecule has 8 heteroatoms. The van der Waals surface area contributed by atoms with Gasteiger partial charge in [0.15, 0.2) is 0 Å². The number of likely N-dealkylation sites (tertiary alicyclic amines) is 1. The average molecular weight is 413 g/mol. The van der Waals surface area contributed by atoms with Crippen LogP contribution in [0.4, 0.5) is 0 Å². The second-order valence-electron chi connectivity index (χ2n) is 8.17. The molecule has 0 unspecified atom stereocenters. The third-order valence-electron chi connectivity index (χ3n) is 6.46. The predicted octanol–water partition coefficient (Wildman–Crippen LogP) is 1.15. The van der Waals surface area contributed by atoms with Crippen LogP contribution in [0.25, 0.3) is 0 Å². The molecule has 8 nitrogen and oxygen atoms in total. The van der Waals surface area contributed by atoms with Crippen molar-refractivity contribution in [3.63, 3.8) is 0 Å². The lowest BCUT2D eigenvalue weighted by molar-refractivity contribution is -0.147. The zero-order valence-corrected chi connectivity index (χ0v) is 17.2. The Labute approximate surface area is 175 Å². The maximum Gasteiger partial charge on any atom is 0.254 e. The van der Waals surface area contributed by atoms with Crippen LogP contribution >= 0.6 is 0 Å². The van der Waals surface area contributed by atoms with Gasteiger partial charge in [-0.25, -0.2) is 0 Å². The fraction of sp³-hybridized carbons (Fsp3) is 0.545. The second-order valence-corrected chi connectivity index (χ2v) is 8.17. The van der Waals surface area contributed by atoms with Crippen molar-refractivity contribution < 1.29 is 23.9 Å². The van der Waals surface area contributed by atoms with Gasteiger partial charge in [-0.1, -0.05) is 18.9 Å². The molecular weight excluding hydrogens is 386 g/mol. The van der Waals surface area contributed by atoms with Gasteiger partial charge < -0.3 is 14.5 Å². The van der Waals surface area contributed by atoms with E-state index in [1.807, 2.05) is 0 Å². The second kappa shape index (κ2) is 8.45. The first kappa shape index (κ1) is 20.4. The standard InChI is InChI=1S/C22H27N3O5/c1-30-16-6-4-5-15(13-16)20(27)24-11-9-23(10-12-24)19(26)14-25-21(28)17-7-2-3-8-18(17)22(25)29/h4-6,13,17-18H,2-3,7-12,14H2,1H3/t17-,18-/m1/s1. The van der Waals surface area contributed by atoms with Gasteiger partial charge in [0, 0.05) is 31.7 Å². The summed E-state index contributed by atoms with van der Waals surface area (Å²) >= 11 is 0. The molecule has 1 aromatic carbocycles. The largest absolute Gasteiger partial charge is 0.497 e. The number of amides is 4. The normalized spacial score (nSPS) is 24.1. The van der Waals surface area contributed by atoms with Crippen LogP contribution in [0.15, 0.2) is 24.3 Å². The summed E-state index contributed by atoms with van der Waals surface area (Å²) in [6.07, 6.45) is 3.41. The Hall–Kier alpha value is -2.90. The van der Waals surface area contributed by atoms with Crippen molar-refractivity contribution >= 4 is 23.6 Å². The third kappa shape index (κ3) is 3.78. The number of piperazine rings is 1. The first-order chi connectivity index (χ1) is 14.5. The van der Waals surface area contributed by atoms with E-state index in [2.05, 4.69) is 0 Å². The number of ether oxygens (including phenoxy) is 1. The maximum absolute atomic E-state index is 12.7. The summed E-state index contributed by atoms with van der Waals surface area (Å²) in [6, 6.07) is 6.99. The molecule has 1 aromatic rings. The molecular formula is C22H27N3O5. The zero-order valence-electron chi connectivity index (χ0n) is 17.2. The number of carbonyl (C=O) groups is 4. The number of imide groups is 1. The van der Waals surface area contributed by atoms with E-state index in [4.69, 9.17) is 4.74 Å². The van der Waals surface area contributed by atoms with E-state index in [1.54, 1.807) is 41.2 Å². The molecule has 1 aliphatic carbocycles. The maximum atomic E-state index is 12.7. The van der Waals surface area contributed by atoms with Gasteiger partial charge in [0.05, 0.1) is 18.9 Å². The Balaban J connectivity index is 1.33. The summed E-state index contributed by atoms with van der Waals surface area (Å²) in [5, 5.41) is 0.